The second-order valence-corrected chi connectivity index (χ2v) is 7.47. The molecule has 106 valence electrons. The average Bonchev–Trinajstić information content (AvgIpc) is 2.67. The molecule has 0 amide bonds. The van der Waals surface area contributed by atoms with E-state index in [9.17, 15) is 4.79 Å². The normalized spacial score (nSPS) is 22.4. The van der Waals surface area contributed by atoms with Crippen molar-refractivity contribution in [1.29, 1.82) is 0 Å². The van der Waals surface area contributed by atoms with Gasteiger partial charge in [-0.25, -0.2) is 4.98 Å². The van der Waals surface area contributed by atoms with Crippen LogP contribution in [0.2, 0.25) is 0 Å². The van der Waals surface area contributed by atoms with Gasteiger partial charge < -0.3 is 5.11 Å². The summed E-state index contributed by atoms with van der Waals surface area (Å²) in [5.41, 5.74) is 1.12. The van der Waals surface area contributed by atoms with Crippen LogP contribution in [-0.4, -0.2) is 45.1 Å². The van der Waals surface area contributed by atoms with Gasteiger partial charge in [-0.05, 0) is 20.8 Å². The Morgan fingerprint density at radius 3 is 2.89 bits per heavy atom. The molecule has 1 N–H and O–H groups in total. The lowest BCUT2D eigenvalue weighted by atomic mass is 10.1. The first kappa shape index (κ1) is 14.8. The summed E-state index contributed by atoms with van der Waals surface area (Å²) in [4.78, 5) is 19.2. The number of hydrogen-bond acceptors (Lipinski definition) is 5. The predicted molar refractivity (Wildman–Crippen MR) is 80.1 cm³/mol. The molecule has 4 nitrogen and oxygen atoms in total. The van der Waals surface area contributed by atoms with Crippen molar-refractivity contribution >= 4 is 29.1 Å². The smallest absolute Gasteiger partial charge is 0.304 e. The van der Waals surface area contributed by atoms with Gasteiger partial charge in [0.1, 0.15) is 0 Å². The standard InChI is InChI=1S/C13H20N2O2S2/c1-8(13-9(2)19-10(3)14-13)15-4-5-18-7-11(15)6-12(16)17/h8,11H,4-7H2,1-3H3,(H,16,17). The van der Waals surface area contributed by atoms with Crippen molar-refractivity contribution in [1.82, 2.24) is 9.88 Å². The molecule has 2 heterocycles. The number of aliphatic carboxylic acids is 1. The average molecular weight is 300 g/mol. The fraction of sp³-hybridized carbons (Fsp3) is 0.692. The second-order valence-electron chi connectivity index (χ2n) is 4.91. The highest BCUT2D eigenvalue weighted by molar-refractivity contribution is 7.99. The number of thioether (sulfide) groups is 1. The Morgan fingerprint density at radius 1 is 1.58 bits per heavy atom. The van der Waals surface area contributed by atoms with Gasteiger partial charge in [0.05, 0.1) is 23.2 Å². The van der Waals surface area contributed by atoms with Crippen molar-refractivity contribution < 1.29 is 9.90 Å². The van der Waals surface area contributed by atoms with E-state index in [0.29, 0.717) is 0 Å². The van der Waals surface area contributed by atoms with Gasteiger partial charge in [0, 0.05) is 29.0 Å². The van der Waals surface area contributed by atoms with Crippen LogP contribution in [0.15, 0.2) is 0 Å². The first-order chi connectivity index (χ1) is 8.99. The van der Waals surface area contributed by atoms with Gasteiger partial charge in [0.2, 0.25) is 0 Å². The molecule has 1 aromatic rings. The number of nitrogens with zero attached hydrogens (tertiary/aromatic N) is 2. The molecule has 2 unspecified atom stereocenters. The van der Waals surface area contributed by atoms with Crippen molar-refractivity contribution in [3.05, 3.63) is 15.6 Å². The van der Waals surface area contributed by atoms with Crippen molar-refractivity contribution in [2.75, 3.05) is 18.1 Å². The number of carboxylic acids is 1. The molecule has 1 aromatic heterocycles. The molecule has 1 saturated heterocycles. The van der Waals surface area contributed by atoms with Gasteiger partial charge in [0.15, 0.2) is 0 Å². The van der Waals surface area contributed by atoms with E-state index in [-0.39, 0.29) is 18.5 Å². The molecule has 0 spiro atoms. The molecular weight excluding hydrogens is 280 g/mol. The topological polar surface area (TPSA) is 53.4 Å². The third-order valence-electron chi connectivity index (χ3n) is 3.52. The molecule has 0 radical (unpaired) electrons. The summed E-state index contributed by atoms with van der Waals surface area (Å²) in [5.74, 6) is 1.26. The monoisotopic (exact) mass is 300 g/mol. The highest BCUT2D eigenvalue weighted by Gasteiger charge is 2.31. The van der Waals surface area contributed by atoms with Crippen LogP contribution in [0.4, 0.5) is 0 Å². The minimum Gasteiger partial charge on any atom is -0.481 e. The van der Waals surface area contributed by atoms with Crippen LogP contribution in [-0.2, 0) is 4.79 Å². The number of rotatable bonds is 4. The molecule has 2 atom stereocenters. The summed E-state index contributed by atoms with van der Waals surface area (Å²) in [6.07, 6.45) is 0.222. The van der Waals surface area contributed by atoms with Crippen LogP contribution in [0, 0.1) is 13.8 Å². The Kier molecular flexibility index (Phi) is 4.86. The molecule has 6 heteroatoms. The maximum atomic E-state index is 11.0. The van der Waals surface area contributed by atoms with Gasteiger partial charge in [0.25, 0.3) is 0 Å². The van der Waals surface area contributed by atoms with Crippen molar-refractivity contribution in [3.8, 4) is 0 Å². The van der Waals surface area contributed by atoms with Crippen molar-refractivity contribution in [3.63, 3.8) is 0 Å². The summed E-state index contributed by atoms with van der Waals surface area (Å²) >= 11 is 3.57. The van der Waals surface area contributed by atoms with E-state index in [2.05, 4.69) is 23.7 Å². The van der Waals surface area contributed by atoms with Gasteiger partial charge in [-0.1, -0.05) is 0 Å². The number of hydrogen-bond donors (Lipinski definition) is 1. The molecule has 0 aromatic carbocycles. The summed E-state index contributed by atoms with van der Waals surface area (Å²) in [6, 6.07) is 0.322. The summed E-state index contributed by atoms with van der Waals surface area (Å²) in [7, 11) is 0. The fourth-order valence-corrected chi connectivity index (χ4v) is 4.64. The van der Waals surface area contributed by atoms with E-state index in [0.717, 1.165) is 28.8 Å². The SMILES string of the molecule is Cc1nc(C(C)N2CCSCC2CC(=O)O)c(C)s1. The van der Waals surface area contributed by atoms with E-state index >= 15 is 0 Å². The van der Waals surface area contributed by atoms with E-state index in [1.165, 1.54) is 4.88 Å². The Bertz CT molecular complexity index is 461. The lowest BCUT2D eigenvalue weighted by Gasteiger charge is -2.38. The Morgan fingerprint density at radius 2 is 2.32 bits per heavy atom. The first-order valence-electron chi connectivity index (χ1n) is 6.48. The van der Waals surface area contributed by atoms with Gasteiger partial charge in [-0.15, -0.1) is 11.3 Å². The number of thiazole rings is 1. The molecule has 0 saturated carbocycles. The first-order valence-corrected chi connectivity index (χ1v) is 8.45. The summed E-state index contributed by atoms with van der Waals surface area (Å²) < 4.78 is 0. The Labute approximate surface area is 122 Å². The van der Waals surface area contributed by atoms with Crippen LogP contribution in [0.25, 0.3) is 0 Å². The van der Waals surface area contributed by atoms with Crippen molar-refractivity contribution in [2.24, 2.45) is 0 Å². The Hall–Kier alpha value is -0.590. The number of carbonyl (C=O) groups is 1. The van der Waals surface area contributed by atoms with Crippen LogP contribution in [0.1, 0.15) is 35.0 Å². The fourth-order valence-electron chi connectivity index (χ4n) is 2.64. The third kappa shape index (κ3) is 3.49. The molecule has 0 bridgehead atoms. The number of aryl methyl sites for hydroxylation is 2. The largest absolute Gasteiger partial charge is 0.481 e. The zero-order valence-corrected chi connectivity index (χ0v) is 13.2. The van der Waals surface area contributed by atoms with Gasteiger partial charge in [-0.2, -0.15) is 11.8 Å². The summed E-state index contributed by atoms with van der Waals surface area (Å²) in [6.45, 7) is 7.21. The molecule has 0 aliphatic carbocycles. The molecule has 2 rings (SSSR count). The van der Waals surface area contributed by atoms with E-state index in [1.807, 2.05) is 18.7 Å². The Balaban J connectivity index is 2.17. The van der Waals surface area contributed by atoms with E-state index in [1.54, 1.807) is 11.3 Å². The lowest BCUT2D eigenvalue weighted by Crippen LogP contribution is -2.45. The predicted octanol–water partition coefficient (Wildman–Crippen LogP) is 2.71. The summed E-state index contributed by atoms with van der Waals surface area (Å²) in [5, 5.41) is 10.1. The van der Waals surface area contributed by atoms with Crippen LogP contribution < -0.4 is 0 Å². The number of aromatic nitrogens is 1. The van der Waals surface area contributed by atoms with Crippen LogP contribution >= 0.6 is 23.1 Å². The van der Waals surface area contributed by atoms with Gasteiger partial charge >= 0.3 is 5.97 Å². The quantitative estimate of drug-likeness (QED) is 0.926. The van der Waals surface area contributed by atoms with E-state index in [4.69, 9.17) is 5.11 Å². The highest BCUT2D eigenvalue weighted by atomic mass is 32.2. The maximum absolute atomic E-state index is 11.0. The molecule has 1 fully saturated rings. The number of carboxylic acid groups (broad SMARTS) is 1. The zero-order chi connectivity index (χ0) is 14.0. The second kappa shape index (κ2) is 6.24. The molecule has 1 aliphatic heterocycles. The molecule has 1 aliphatic rings. The maximum Gasteiger partial charge on any atom is 0.304 e. The highest BCUT2D eigenvalue weighted by Crippen LogP contribution is 2.32. The zero-order valence-electron chi connectivity index (χ0n) is 11.5. The minimum absolute atomic E-state index is 0.118. The minimum atomic E-state index is -0.712. The van der Waals surface area contributed by atoms with Crippen LogP contribution in [0.5, 0.6) is 0 Å². The van der Waals surface area contributed by atoms with Crippen LogP contribution in [0.3, 0.4) is 0 Å². The third-order valence-corrected chi connectivity index (χ3v) is 5.51. The van der Waals surface area contributed by atoms with Gasteiger partial charge in [-0.3, -0.25) is 9.69 Å². The van der Waals surface area contributed by atoms with E-state index < -0.39 is 5.97 Å². The molecule has 19 heavy (non-hydrogen) atoms. The lowest BCUT2D eigenvalue weighted by molar-refractivity contribution is -0.138. The molecular formula is C13H20N2O2S2. The van der Waals surface area contributed by atoms with Crippen molar-refractivity contribution in [2.45, 2.75) is 39.3 Å².